The molecule has 37 heavy (non-hydrogen) atoms. The lowest BCUT2D eigenvalue weighted by molar-refractivity contribution is 0.146. The Kier molecular flexibility index (Phi) is 6.47. The van der Waals surface area contributed by atoms with Gasteiger partial charge in [-0.15, -0.1) is 0 Å². The highest BCUT2D eigenvalue weighted by molar-refractivity contribution is 5.85. The normalized spacial score (nSPS) is 11.4. The summed E-state index contributed by atoms with van der Waals surface area (Å²) >= 11 is 0. The molecule has 5 rings (SSSR count). The van der Waals surface area contributed by atoms with Crippen LogP contribution in [-0.2, 0) is 13.2 Å². The molecule has 0 fully saturated rings. The van der Waals surface area contributed by atoms with Crippen molar-refractivity contribution in [2.24, 2.45) is 0 Å². The summed E-state index contributed by atoms with van der Waals surface area (Å²) in [7, 11) is 0. The number of pyridine rings is 1. The second kappa shape index (κ2) is 9.88. The van der Waals surface area contributed by atoms with Gasteiger partial charge in [0.2, 0.25) is 11.8 Å². The molecule has 0 atom stereocenters. The van der Waals surface area contributed by atoms with Crippen LogP contribution in [0.4, 0.5) is 19.1 Å². The summed E-state index contributed by atoms with van der Waals surface area (Å²) < 4.78 is 49.1. The van der Waals surface area contributed by atoms with E-state index in [9.17, 15) is 13.2 Å². The highest BCUT2D eigenvalue weighted by Gasteiger charge is 2.22. The molecule has 10 heteroatoms. The third-order valence-corrected chi connectivity index (χ3v) is 5.88. The molecule has 0 radical (unpaired) electrons. The maximum Gasteiger partial charge on any atom is 0.280 e. The van der Waals surface area contributed by atoms with Crippen LogP contribution in [0.1, 0.15) is 30.6 Å². The largest absolute Gasteiger partial charge is 0.469 e. The molecule has 0 unspecified atom stereocenters. The quantitative estimate of drug-likeness (QED) is 0.287. The van der Waals surface area contributed by atoms with Gasteiger partial charge in [-0.2, -0.15) is 4.98 Å². The van der Waals surface area contributed by atoms with E-state index in [2.05, 4.69) is 19.9 Å². The van der Waals surface area contributed by atoms with Gasteiger partial charge >= 0.3 is 0 Å². The number of para-hydroxylation sites is 2. The van der Waals surface area contributed by atoms with Crippen LogP contribution in [0, 0.1) is 12.7 Å². The van der Waals surface area contributed by atoms with E-state index < -0.39 is 17.9 Å². The first-order valence-corrected chi connectivity index (χ1v) is 11.6. The Morgan fingerprint density at radius 1 is 0.946 bits per heavy atom. The highest BCUT2D eigenvalue weighted by Crippen LogP contribution is 2.39. The summed E-state index contributed by atoms with van der Waals surface area (Å²) in [5.41, 5.74) is 9.36. The van der Waals surface area contributed by atoms with E-state index in [1.165, 1.54) is 30.3 Å². The van der Waals surface area contributed by atoms with Gasteiger partial charge in [-0.25, -0.2) is 23.1 Å². The highest BCUT2D eigenvalue weighted by atomic mass is 19.3. The Bertz CT molecular complexity index is 1580. The molecular weight excluding hydrogens is 481 g/mol. The lowest BCUT2D eigenvalue weighted by Crippen LogP contribution is -2.09. The number of nitrogens with zero attached hydrogens (tertiary/aromatic N) is 5. The van der Waals surface area contributed by atoms with Crippen molar-refractivity contribution >= 4 is 17.0 Å². The van der Waals surface area contributed by atoms with Crippen LogP contribution < -0.4 is 10.5 Å². The lowest BCUT2D eigenvalue weighted by atomic mass is 9.99. The van der Waals surface area contributed by atoms with Gasteiger partial charge in [-0.05, 0) is 67.9 Å². The Morgan fingerprint density at radius 2 is 1.70 bits per heavy atom. The average Bonchev–Trinajstić information content (AvgIpc) is 3.24. The molecule has 0 saturated carbocycles. The number of ether oxygens (including phenoxy) is 1. The number of rotatable bonds is 7. The van der Waals surface area contributed by atoms with Gasteiger partial charge in [0.15, 0.2) is 0 Å². The van der Waals surface area contributed by atoms with E-state index in [1.54, 1.807) is 13.0 Å². The fourth-order valence-corrected chi connectivity index (χ4v) is 4.31. The Hall–Kier alpha value is -4.47. The third kappa shape index (κ3) is 4.82. The molecule has 0 spiro atoms. The SMILES string of the molecule is CCn1c(COc2nc(N)nc(-c3ccc(F)cc3)c2-c2cc(C)nc(C(F)F)c2)nc2ccccc21. The summed E-state index contributed by atoms with van der Waals surface area (Å²) in [6, 6.07) is 16.3. The standard InChI is InChI=1S/C27H23F3N6O/c1-3-36-21-7-5-4-6-19(21)33-22(36)14-37-26-23(17-12-15(2)32-20(13-17)25(29)30)24(34-27(31)35-26)16-8-10-18(28)11-9-16/h4-13,25H,3,14H2,1-2H3,(H2,31,34,35). The number of nitrogen functional groups attached to an aromatic ring is 1. The van der Waals surface area contributed by atoms with Crippen LogP contribution in [-0.4, -0.2) is 24.5 Å². The van der Waals surface area contributed by atoms with E-state index in [0.717, 1.165) is 11.0 Å². The Morgan fingerprint density at radius 3 is 2.43 bits per heavy atom. The first-order chi connectivity index (χ1) is 17.8. The number of hydrogen-bond acceptors (Lipinski definition) is 6. The number of aryl methyl sites for hydroxylation is 2. The Labute approximate surface area is 210 Å². The van der Waals surface area contributed by atoms with Crippen molar-refractivity contribution in [1.82, 2.24) is 24.5 Å². The van der Waals surface area contributed by atoms with Crippen molar-refractivity contribution < 1.29 is 17.9 Å². The number of anilines is 1. The molecule has 0 aliphatic heterocycles. The van der Waals surface area contributed by atoms with E-state index >= 15 is 0 Å². The first kappa shape index (κ1) is 24.2. The van der Waals surface area contributed by atoms with Gasteiger partial charge in [-0.3, -0.25) is 4.98 Å². The third-order valence-electron chi connectivity index (χ3n) is 5.88. The van der Waals surface area contributed by atoms with Gasteiger partial charge in [-0.1, -0.05) is 12.1 Å². The van der Waals surface area contributed by atoms with E-state index in [0.29, 0.717) is 40.4 Å². The molecule has 2 N–H and O–H groups in total. The second-order valence-corrected chi connectivity index (χ2v) is 8.39. The van der Waals surface area contributed by atoms with Gasteiger partial charge in [0.1, 0.15) is 23.9 Å². The average molecular weight is 505 g/mol. The molecule has 3 aromatic heterocycles. The van der Waals surface area contributed by atoms with Crippen LogP contribution in [0.3, 0.4) is 0 Å². The number of aromatic nitrogens is 5. The predicted octanol–water partition coefficient (Wildman–Crippen LogP) is 6.12. The van der Waals surface area contributed by atoms with Gasteiger partial charge < -0.3 is 15.0 Å². The van der Waals surface area contributed by atoms with Gasteiger partial charge in [0.25, 0.3) is 6.43 Å². The van der Waals surface area contributed by atoms with Crippen molar-refractivity contribution in [1.29, 1.82) is 0 Å². The molecule has 2 aromatic carbocycles. The number of halogens is 3. The summed E-state index contributed by atoms with van der Waals surface area (Å²) in [5.74, 6) is 0.241. The molecule has 0 amide bonds. The predicted molar refractivity (Wildman–Crippen MR) is 135 cm³/mol. The minimum atomic E-state index is -2.78. The van der Waals surface area contributed by atoms with Crippen LogP contribution in [0.15, 0.2) is 60.7 Å². The van der Waals surface area contributed by atoms with Crippen LogP contribution >= 0.6 is 0 Å². The van der Waals surface area contributed by atoms with Gasteiger partial charge in [0.05, 0.1) is 22.3 Å². The molecule has 0 bridgehead atoms. The molecule has 3 heterocycles. The zero-order valence-electron chi connectivity index (χ0n) is 20.1. The summed E-state index contributed by atoms with van der Waals surface area (Å²) in [6.45, 7) is 4.33. The molecule has 188 valence electrons. The summed E-state index contributed by atoms with van der Waals surface area (Å²) in [5, 5.41) is 0. The van der Waals surface area contributed by atoms with Crippen molar-refractivity contribution in [2.75, 3.05) is 5.73 Å². The fraction of sp³-hybridized carbons (Fsp3) is 0.185. The van der Waals surface area contributed by atoms with Gasteiger partial charge in [0, 0.05) is 17.8 Å². The number of fused-ring (bicyclic) bond motifs is 1. The molecule has 0 saturated heterocycles. The maximum atomic E-state index is 13.7. The number of hydrogen-bond donors (Lipinski definition) is 1. The lowest BCUT2D eigenvalue weighted by Gasteiger charge is -2.17. The minimum Gasteiger partial charge on any atom is -0.469 e. The minimum absolute atomic E-state index is 0.0423. The first-order valence-electron chi connectivity index (χ1n) is 11.6. The van der Waals surface area contributed by atoms with E-state index in [-0.39, 0.29) is 18.4 Å². The van der Waals surface area contributed by atoms with E-state index in [4.69, 9.17) is 10.5 Å². The molecular formula is C27H23F3N6O. The van der Waals surface area contributed by atoms with Crippen molar-refractivity contribution in [3.05, 3.63) is 83.7 Å². The van der Waals surface area contributed by atoms with Crippen LogP contribution in [0.5, 0.6) is 5.88 Å². The topological polar surface area (TPSA) is 91.7 Å². The Balaban J connectivity index is 1.66. The molecule has 0 aliphatic rings. The van der Waals surface area contributed by atoms with E-state index in [1.807, 2.05) is 35.8 Å². The van der Waals surface area contributed by atoms with Crippen molar-refractivity contribution in [2.45, 2.75) is 33.4 Å². The smallest absolute Gasteiger partial charge is 0.280 e. The summed E-state index contributed by atoms with van der Waals surface area (Å²) in [6.07, 6.45) is -2.78. The number of imidazole rings is 1. The van der Waals surface area contributed by atoms with Crippen molar-refractivity contribution in [3.63, 3.8) is 0 Å². The van der Waals surface area contributed by atoms with Crippen molar-refractivity contribution in [3.8, 4) is 28.3 Å². The zero-order valence-corrected chi connectivity index (χ0v) is 20.1. The maximum absolute atomic E-state index is 13.7. The fourth-order valence-electron chi connectivity index (χ4n) is 4.31. The monoisotopic (exact) mass is 504 g/mol. The molecule has 5 aromatic rings. The zero-order chi connectivity index (χ0) is 26.1. The number of nitrogens with two attached hydrogens (primary N) is 1. The number of alkyl halides is 2. The number of benzene rings is 2. The molecule has 7 nitrogen and oxygen atoms in total. The molecule has 0 aliphatic carbocycles. The summed E-state index contributed by atoms with van der Waals surface area (Å²) in [4.78, 5) is 17.3. The van der Waals surface area contributed by atoms with Crippen LogP contribution in [0.25, 0.3) is 33.4 Å². The second-order valence-electron chi connectivity index (χ2n) is 8.39. The van der Waals surface area contributed by atoms with Crippen LogP contribution in [0.2, 0.25) is 0 Å².